The Kier molecular flexibility index (Phi) is 5.11. The lowest BCUT2D eigenvalue weighted by atomic mass is 10.0. The highest BCUT2D eigenvalue weighted by Crippen LogP contribution is 2.42. The van der Waals surface area contributed by atoms with E-state index < -0.39 is 0 Å². The lowest BCUT2D eigenvalue weighted by Crippen LogP contribution is -2.01. The monoisotopic (exact) mass is 374 g/mol. The first kappa shape index (κ1) is 18.2. The fourth-order valence-electron chi connectivity index (χ4n) is 3.68. The van der Waals surface area contributed by atoms with Crippen molar-refractivity contribution in [2.45, 2.75) is 32.8 Å². The summed E-state index contributed by atoms with van der Waals surface area (Å²) in [5, 5.41) is 0. The molecular formula is C24H24NO3. The van der Waals surface area contributed by atoms with Gasteiger partial charge in [0.25, 0.3) is 0 Å². The molecule has 0 fully saturated rings. The van der Waals surface area contributed by atoms with Crippen LogP contribution in [0.15, 0.2) is 48.5 Å². The van der Waals surface area contributed by atoms with E-state index in [0.29, 0.717) is 23.9 Å². The molecule has 1 aliphatic rings. The molecule has 0 aromatic heterocycles. The van der Waals surface area contributed by atoms with Gasteiger partial charge in [0, 0.05) is 11.3 Å². The number of fused-ring (bicyclic) bond motifs is 1. The van der Waals surface area contributed by atoms with Crippen LogP contribution in [0.2, 0.25) is 0 Å². The van der Waals surface area contributed by atoms with Gasteiger partial charge in [0.05, 0.1) is 13.2 Å². The van der Waals surface area contributed by atoms with Crippen molar-refractivity contribution in [2.75, 3.05) is 12.8 Å². The summed E-state index contributed by atoms with van der Waals surface area (Å²) in [4.78, 5) is 0. The van der Waals surface area contributed by atoms with Crippen molar-refractivity contribution < 1.29 is 14.2 Å². The Hall–Kier alpha value is -3.14. The van der Waals surface area contributed by atoms with Crippen molar-refractivity contribution in [1.29, 1.82) is 0 Å². The average Bonchev–Trinajstić information content (AvgIpc) is 3.21. The van der Waals surface area contributed by atoms with Gasteiger partial charge >= 0.3 is 0 Å². The molecule has 2 N–H and O–H groups in total. The second-order valence-electron chi connectivity index (χ2n) is 7.02. The van der Waals surface area contributed by atoms with Crippen molar-refractivity contribution >= 4 is 5.69 Å². The Morgan fingerprint density at radius 1 is 1.04 bits per heavy atom. The van der Waals surface area contributed by atoms with Gasteiger partial charge in [-0.25, -0.2) is 0 Å². The van der Waals surface area contributed by atoms with Crippen LogP contribution in [0, 0.1) is 13.0 Å². The second kappa shape index (κ2) is 7.85. The molecule has 4 heteroatoms. The minimum Gasteiger partial charge on any atom is -0.492 e. The van der Waals surface area contributed by atoms with Crippen molar-refractivity contribution in [3.63, 3.8) is 0 Å². The summed E-state index contributed by atoms with van der Waals surface area (Å²) >= 11 is 0. The van der Waals surface area contributed by atoms with Gasteiger partial charge in [-0.1, -0.05) is 30.3 Å². The average molecular weight is 374 g/mol. The maximum absolute atomic E-state index is 6.28. The highest BCUT2D eigenvalue weighted by molar-refractivity contribution is 5.63. The van der Waals surface area contributed by atoms with Gasteiger partial charge < -0.3 is 19.9 Å². The fourth-order valence-corrected chi connectivity index (χ4v) is 3.68. The molecule has 1 radical (unpaired) electrons. The molecule has 1 aliphatic carbocycles. The molecule has 3 aromatic carbocycles. The predicted octanol–water partition coefficient (Wildman–Crippen LogP) is 5.25. The normalized spacial score (nSPS) is 12.5. The van der Waals surface area contributed by atoms with Gasteiger partial charge in [0.1, 0.15) is 18.1 Å². The number of benzene rings is 3. The van der Waals surface area contributed by atoms with Crippen LogP contribution in [0.5, 0.6) is 23.0 Å². The molecule has 0 spiro atoms. The summed E-state index contributed by atoms with van der Waals surface area (Å²) in [5.74, 6) is 2.64. The van der Waals surface area contributed by atoms with Crippen molar-refractivity contribution in [3.05, 3.63) is 76.9 Å². The Bertz CT molecular complexity index is 983. The molecular weight excluding hydrogens is 350 g/mol. The van der Waals surface area contributed by atoms with Crippen LogP contribution in [0.3, 0.4) is 0 Å². The molecule has 0 atom stereocenters. The van der Waals surface area contributed by atoms with Crippen molar-refractivity contribution in [1.82, 2.24) is 0 Å². The number of hydrogen-bond acceptors (Lipinski definition) is 4. The Morgan fingerprint density at radius 3 is 2.61 bits per heavy atom. The first-order valence-electron chi connectivity index (χ1n) is 9.51. The largest absolute Gasteiger partial charge is 0.492 e. The van der Waals surface area contributed by atoms with Crippen LogP contribution in [-0.4, -0.2) is 7.11 Å². The number of ether oxygens (including phenoxy) is 3. The second-order valence-corrected chi connectivity index (χ2v) is 7.02. The molecule has 28 heavy (non-hydrogen) atoms. The third-order valence-electron chi connectivity index (χ3n) is 5.07. The maximum atomic E-state index is 6.28. The van der Waals surface area contributed by atoms with Gasteiger partial charge in [0.15, 0.2) is 11.5 Å². The van der Waals surface area contributed by atoms with Gasteiger partial charge in [-0.05, 0) is 61.1 Å². The highest BCUT2D eigenvalue weighted by atomic mass is 16.5. The zero-order valence-corrected chi connectivity index (χ0v) is 16.2. The molecule has 0 amide bonds. The van der Waals surface area contributed by atoms with Crippen molar-refractivity contribution in [2.24, 2.45) is 0 Å². The number of rotatable bonds is 6. The summed E-state index contributed by atoms with van der Waals surface area (Å²) < 4.78 is 17.6. The highest BCUT2D eigenvalue weighted by Gasteiger charge is 2.22. The van der Waals surface area contributed by atoms with Gasteiger partial charge in [-0.2, -0.15) is 0 Å². The smallest absolute Gasteiger partial charge is 0.173 e. The standard InChI is InChI=1S/C24H24NO3/c1-16-13-21(25)19-9-6-10-20(19)24(16)28-22-12-11-18(14-23(22)26-2)27-15-17-7-4-3-5-8-17/h3-5,7-8,11-13H,6,9-10,15,25H2,1-2H3. The Balaban J connectivity index is 1.57. The molecule has 0 saturated heterocycles. The zero-order valence-electron chi connectivity index (χ0n) is 16.2. The Labute approximate surface area is 165 Å². The Morgan fingerprint density at radius 2 is 1.82 bits per heavy atom. The van der Waals surface area contributed by atoms with Crippen molar-refractivity contribution in [3.8, 4) is 23.0 Å². The van der Waals surface area contributed by atoms with Gasteiger partial charge in [0.2, 0.25) is 0 Å². The molecule has 0 unspecified atom stereocenters. The minimum absolute atomic E-state index is 0.477. The van der Waals surface area contributed by atoms with Crippen LogP contribution >= 0.6 is 0 Å². The summed E-state index contributed by atoms with van der Waals surface area (Å²) in [7, 11) is 1.61. The lowest BCUT2D eigenvalue weighted by molar-refractivity contribution is 0.301. The topological polar surface area (TPSA) is 53.7 Å². The van der Waals surface area contributed by atoms with E-state index in [0.717, 1.165) is 41.8 Å². The summed E-state index contributed by atoms with van der Waals surface area (Å²) in [6.45, 7) is 2.50. The van der Waals surface area contributed by atoms with E-state index >= 15 is 0 Å². The van der Waals surface area contributed by atoms with Crippen LogP contribution in [0.1, 0.15) is 28.7 Å². The number of nitrogen functional groups attached to an aromatic ring is 1. The van der Waals surface area contributed by atoms with Gasteiger partial charge in [-0.3, -0.25) is 0 Å². The lowest BCUT2D eigenvalue weighted by Gasteiger charge is -2.17. The first-order chi connectivity index (χ1) is 13.7. The van der Waals surface area contributed by atoms with Gasteiger partial charge in [-0.15, -0.1) is 0 Å². The zero-order chi connectivity index (χ0) is 19.5. The molecule has 4 nitrogen and oxygen atoms in total. The van der Waals surface area contributed by atoms with Crippen LogP contribution in [0.25, 0.3) is 0 Å². The van der Waals surface area contributed by atoms with Crippen LogP contribution in [0.4, 0.5) is 5.69 Å². The summed E-state index contributed by atoms with van der Waals surface area (Å²) in [5.41, 5.74) is 11.6. The van der Waals surface area contributed by atoms with E-state index in [1.807, 2.05) is 55.5 Å². The number of hydrogen-bond donors (Lipinski definition) is 1. The van der Waals surface area contributed by atoms with E-state index in [2.05, 4.69) is 6.07 Å². The minimum atomic E-state index is 0.477. The van der Waals surface area contributed by atoms with E-state index in [-0.39, 0.29) is 0 Å². The summed E-state index contributed by atoms with van der Waals surface area (Å²) in [6.07, 6.45) is 3.10. The van der Waals surface area contributed by atoms with Crippen LogP contribution in [-0.2, 0) is 19.4 Å². The number of anilines is 1. The van der Waals surface area contributed by atoms with E-state index in [1.54, 1.807) is 7.11 Å². The summed E-state index contributed by atoms with van der Waals surface area (Å²) in [6, 6.07) is 18.9. The van der Waals surface area contributed by atoms with Crippen LogP contribution < -0.4 is 19.9 Å². The molecule has 0 bridgehead atoms. The molecule has 4 rings (SSSR count). The molecule has 0 heterocycles. The van der Waals surface area contributed by atoms with E-state index in [9.17, 15) is 0 Å². The molecule has 3 aromatic rings. The third-order valence-corrected chi connectivity index (χ3v) is 5.07. The SMILES string of the molecule is COc1[c]c(OCc2ccccc2)ccc1Oc1c(C)cc(N)c2c1CCC2. The molecule has 0 aliphatic heterocycles. The number of nitrogens with two attached hydrogens (primary N) is 1. The molecule has 143 valence electrons. The quantitative estimate of drug-likeness (QED) is 0.599. The fraction of sp³-hybridized carbons (Fsp3) is 0.250. The molecule has 0 saturated carbocycles. The van der Waals surface area contributed by atoms with E-state index in [4.69, 9.17) is 19.9 Å². The number of methoxy groups -OCH3 is 1. The first-order valence-corrected chi connectivity index (χ1v) is 9.51. The van der Waals surface area contributed by atoms with E-state index in [1.165, 1.54) is 11.1 Å². The predicted molar refractivity (Wildman–Crippen MR) is 110 cm³/mol. The third kappa shape index (κ3) is 3.63. The number of aryl methyl sites for hydroxylation is 1. The maximum Gasteiger partial charge on any atom is 0.173 e.